The van der Waals surface area contributed by atoms with Crippen molar-refractivity contribution in [2.24, 2.45) is 0 Å². The fraction of sp³-hybridized carbons (Fsp3) is 0.318. The van der Waals surface area contributed by atoms with Gasteiger partial charge in [-0.05, 0) is 23.6 Å². The molecule has 0 radical (unpaired) electrons. The molecule has 3 rings (SSSR count). The molecule has 146 valence electrons. The van der Waals surface area contributed by atoms with Gasteiger partial charge in [0.05, 0.1) is 6.54 Å². The van der Waals surface area contributed by atoms with Crippen LogP contribution in [0.15, 0.2) is 59.1 Å². The van der Waals surface area contributed by atoms with Gasteiger partial charge in [0.15, 0.2) is 0 Å². The van der Waals surface area contributed by atoms with Crippen LogP contribution in [0.3, 0.4) is 0 Å². The zero-order chi connectivity index (χ0) is 19.8. The smallest absolute Gasteiger partial charge is 0.227 e. The summed E-state index contributed by atoms with van der Waals surface area (Å²) in [6, 6.07) is 17.6. The number of rotatable bonds is 9. The molecule has 0 atom stereocenters. The zero-order valence-corrected chi connectivity index (χ0v) is 16.2. The Kier molecular flexibility index (Phi) is 6.78. The fourth-order valence-electron chi connectivity index (χ4n) is 2.68. The van der Waals surface area contributed by atoms with E-state index in [9.17, 15) is 4.79 Å². The number of aryl methyl sites for hydroxylation is 1. The highest BCUT2D eigenvalue weighted by molar-refractivity contribution is 5.76. The van der Waals surface area contributed by atoms with Gasteiger partial charge in [-0.1, -0.05) is 61.5 Å². The summed E-state index contributed by atoms with van der Waals surface area (Å²) in [5.41, 5.74) is 2.17. The molecule has 1 amide bonds. The quantitative estimate of drug-likeness (QED) is 0.569. The molecular formula is C22H25N3O3. The van der Waals surface area contributed by atoms with Crippen LogP contribution in [0.25, 0.3) is 11.4 Å². The molecule has 0 saturated heterocycles. The molecule has 1 aromatic heterocycles. The first-order valence-electron chi connectivity index (χ1n) is 9.49. The molecule has 0 aliphatic heterocycles. The standard InChI is InChI=1S/C22H25N3O3/c1-16(2)17-8-10-18(11-9-17)22-24-21(28-25-22)13-12-20(26)23-14-15-27-19-6-4-3-5-7-19/h3-11,16H,12-15H2,1-2H3,(H,23,26). The normalized spacial score (nSPS) is 10.8. The number of carbonyl (C=O) groups excluding carboxylic acids is 1. The van der Waals surface area contributed by atoms with Gasteiger partial charge in [0.25, 0.3) is 0 Å². The molecule has 2 aromatic carbocycles. The van der Waals surface area contributed by atoms with Crippen molar-refractivity contribution in [3.8, 4) is 17.1 Å². The monoisotopic (exact) mass is 379 g/mol. The van der Waals surface area contributed by atoms with Crippen molar-refractivity contribution >= 4 is 5.91 Å². The predicted molar refractivity (Wildman–Crippen MR) is 107 cm³/mol. The van der Waals surface area contributed by atoms with Gasteiger partial charge in [-0.25, -0.2) is 0 Å². The Balaban J connectivity index is 1.40. The highest BCUT2D eigenvalue weighted by Gasteiger charge is 2.11. The van der Waals surface area contributed by atoms with E-state index in [1.54, 1.807) is 0 Å². The number of benzene rings is 2. The number of amides is 1. The van der Waals surface area contributed by atoms with E-state index in [0.29, 0.717) is 43.6 Å². The first-order chi connectivity index (χ1) is 13.6. The molecule has 0 fully saturated rings. The summed E-state index contributed by atoms with van der Waals surface area (Å²) in [7, 11) is 0. The second kappa shape index (κ2) is 9.69. The van der Waals surface area contributed by atoms with Crippen LogP contribution in [0.1, 0.15) is 37.6 Å². The van der Waals surface area contributed by atoms with Gasteiger partial charge in [0.1, 0.15) is 12.4 Å². The minimum Gasteiger partial charge on any atom is -0.492 e. The third-order valence-electron chi connectivity index (χ3n) is 4.31. The number of para-hydroxylation sites is 1. The lowest BCUT2D eigenvalue weighted by molar-refractivity contribution is -0.121. The van der Waals surface area contributed by atoms with Crippen molar-refractivity contribution in [1.82, 2.24) is 15.5 Å². The van der Waals surface area contributed by atoms with Crippen LogP contribution in [0.5, 0.6) is 5.75 Å². The minimum atomic E-state index is -0.0716. The summed E-state index contributed by atoms with van der Waals surface area (Å²) in [6.07, 6.45) is 0.696. The molecule has 0 unspecified atom stereocenters. The van der Waals surface area contributed by atoms with Crippen molar-refractivity contribution < 1.29 is 14.1 Å². The van der Waals surface area contributed by atoms with Gasteiger partial charge in [0.2, 0.25) is 17.6 Å². The summed E-state index contributed by atoms with van der Waals surface area (Å²) >= 11 is 0. The molecule has 0 spiro atoms. The van der Waals surface area contributed by atoms with Crippen LogP contribution in [0, 0.1) is 0 Å². The molecule has 6 nitrogen and oxygen atoms in total. The number of hydrogen-bond donors (Lipinski definition) is 1. The van der Waals surface area contributed by atoms with E-state index in [1.807, 2.05) is 42.5 Å². The fourth-order valence-corrected chi connectivity index (χ4v) is 2.68. The van der Waals surface area contributed by atoms with Crippen LogP contribution in [-0.4, -0.2) is 29.2 Å². The molecule has 3 aromatic rings. The van der Waals surface area contributed by atoms with Crippen LogP contribution in [0.2, 0.25) is 0 Å². The number of hydrogen-bond acceptors (Lipinski definition) is 5. The zero-order valence-electron chi connectivity index (χ0n) is 16.2. The van der Waals surface area contributed by atoms with Gasteiger partial charge in [-0.2, -0.15) is 4.98 Å². The molecule has 6 heteroatoms. The van der Waals surface area contributed by atoms with Crippen LogP contribution in [0.4, 0.5) is 0 Å². The highest BCUT2D eigenvalue weighted by atomic mass is 16.5. The molecule has 1 heterocycles. The molecule has 1 N–H and O–H groups in total. The van der Waals surface area contributed by atoms with Crippen LogP contribution >= 0.6 is 0 Å². The van der Waals surface area contributed by atoms with Gasteiger partial charge >= 0.3 is 0 Å². The van der Waals surface area contributed by atoms with Gasteiger partial charge in [-0.15, -0.1) is 0 Å². The Labute approximate surface area is 164 Å². The minimum absolute atomic E-state index is 0.0716. The van der Waals surface area contributed by atoms with Crippen molar-refractivity contribution in [2.45, 2.75) is 32.6 Å². The number of nitrogens with one attached hydrogen (secondary N) is 1. The SMILES string of the molecule is CC(C)c1ccc(-c2noc(CCC(=O)NCCOc3ccccc3)n2)cc1. The average molecular weight is 379 g/mol. The number of carbonyl (C=O) groups is 1. The van der Waals surface area contributed by atoms with Crippen molar-refractivity contribution in [3.05, 3.63) is 66.1 Å². The largest absolute Gasteiger partial charge is 0.492 e. The van der Waals surface area contributed by atoms with Crippen LogP contribution in [-0.2, 0) is 11.2 Å². The second-order valence-electron chi connectivity index (χ2n) is 6.80. The summed E-state index contributed by atoms with van der Waals surface area (Å²) < 4.78 is 10.8. The molecule has 0 saturated carbocycles. The van der Waals surface area contributed by atoms with E-state index < -0.39 is 0 Å². The van der Waals surface area contributed by atoms with Crippen molar-refractivity contribution in [3.63, 3.8) is 0 Å². The number of nitrogens with zero attached hydrogens (tertiary/aromatic N) is 2. The van der Waals surface area contributed by atoms with Gasteiger partial charge in [-0.3, -0.25) is 4.79 Å². The maximum absolute atomic E-state index is 11.9. The Hall–Kier alpha value is -3.15. The summed E-state index contributed by atoms with van der Waals surface area (Å²) in [5, 5.41) is 6.83. The van der Waals surface area contributed by atoms with E-state index in [1.165, 1.54) is 5.56 Å². The van der Waals surface area contributed by atoms with E-state index in [4.69, 9.17) is 9.26 Å². The van der Waals surface area contributed by atoms with E-state index in [-0.39, 0.29) is 5.91 Å². The van der Waals surface area contributed by atoms with Gasteiger partial charge in [0, 0.05) is 18.4 Å². The van der Waals surface area contributed by atoms with Crippen molar-refractivity contribution in [2.75, 3.05) is 13.2 Å². The van der Waals surface area contributed by atoms with Gasteiger partial charge < -0.3 is 14.6 Å². The molecule has 28 heavy (non-hydrogen) atoms. The van der Waals surface area contributed by atoms with Crippen molar-refractivity contribution in [1.29, 1.82) is 0 Å². The lowest BCUT2D eigenvalue weighted by Crippen LogP contribution is -2.28. The highest BCUT2D eigenvalue weighted by Crippen LogP contribution is 2.20. The Morgan fingerprint density at radius 1 is 1.11 bits per heavy atom. The topological polar surface area (TPSA) is 77.2 Å². The Bertz CT molecular complexity index is 874. The third-order valence-corrected chi connectivity index (χ3v) is 4.31. The molecule has 0 aliphatic rings. The first-order valence-corrected chi connectivity index (χ1v) is 9.49. The second-order valence-corrected chi connectivity index (χ2v) is 6.80. The molecular weight excluding hydrogens is 354 g/mol. The third kappa shape index (κ3) is 5.67. The van der Waals surface area contributed by atoms with E-state index >= 15 is 0 Å². The van der Waals surface area contributed by atoms with E-state index in [2.05, 4.69) is 41.4 Å². The summed E-state index contributed by atoms with van der Waals surface area (Å²) in [4.78, 5) is 16.3. The Morgan fingerprint density at radius 2 is 1.86 bits per heavy atom. The maximum Gasteiger partial charge on any atom is 0.227 e. The average Bonchev–Trinajstić information content (AvgIpc) is 3.19. The molecule has 0 aliphatic carbocycles. The predicted octanol–water partition coefficient (Wildman–Crippen LogP) is 3.99. The lowest BCUT2D eigenvalue weighted by atomic mass is 10.0. The van der Waals surface area contributed by atoms with Crippen LogP contribution < -0.4 is 10.1 Å². The summed E-state index contributed by atoms with van der Waals surface area (Å²) in [5.74, 6) is 2.20. The number of ether oxygens (including phenoxy) is 1. The number of aromatic nitrogens is 2. The lowest BCUT2D eigenvalue weighted by Gasteiger charge is -2.07. The first kappa shape index (κ1) is 19.6. The molecule has 0 bridgehead atoms. The summed E-state index contributed by atoms with van der Waals surface area (Å²) in [6.45, 7) is 5.18. The Morgan fingerprint density at radius 3 is 2.57 bits per heavy atom. The van der Waals surface area contributed by atoms with E-state index in [0.717, 1.165) is 11.3 Å². The maximum atomic E-state index is 11.9.